The van der Waals surface area contributed by atoms with Gasteiger partial charge in [0, 0.05) is 11.1 Å². The molecule has 90 valence electrons. The van der Waals surface area contributed by atoms with Crippen LogP contribution in [0.15, 0.2) is 18.2 Å². The topological polar surface area (TPSA) is 12.0 Å². The van der Waals surface area contributed by atoms with Crippen molar-refractivity contribution < 1.29 is 0 Å². The Bertz CT molecular complexity index is 336. The number of aryl methyl sites for hydroxylation is 1. The van der Waals surface area contributed by atoms with Crippen LogP contribution in [-0.4, -0.2) is 13.1 Å². The lowest BCUT2D eigenvalue weighted by Crippen LogP contribution is -2.31. The van der Waals surface area contributed by atoms with Crippen LogP contribution in [0.1, 0.15) is 31.4 Å². The quantitative estimate of drug-likeness (QED) is 0.824. The zero-order valence-corrected chi connectivity index (χ0v) is 11.4. The Morgan fingerprint density at radius 3 is 2.56 bits per heavy atom. The molecule has 1 aromatic carbocycles. The molecule has 0 saturated heterocycles. The third kappa shape index (κ3) is 3.50. The van der Waals surface area contributed by atoms with Crippen molar-refractivity contribution in [3.05, 3.63) is 34.3 Å². The van der Waals surface area contributed by atoms with E-state index in [2.05, 4.69) is 38.2 Å². The summed E-state index contributed by atoms with van der Waals surface area (Å²) in [4.78, 5) is 0. The van der Waals surface area contributed by atoms with Crippen molar-refractivity contribution in [3.8, 4) is 0 Å². The Balaban J connectivity index is 2.78. The van der Waals surface area contributed by atoms with E-state index in [1.807, 2.05) is 13.1 Å². The molecule has 0 radical (unpaired) electrons. The van der Waals surface area contributed by atoms with Gasteiger partial charge >= 0.3 is 0 Å². The molecular weight excluding hydrogens is 218 g/mol. The molecule has 1 N–H and O–H groups in total. The molecule has 2 heteroatoms. The summed E-state index contributed by atoms with van der Waals surface area (Å²) in [6.45, 7) is 6.54. The van der Waals surface area contributed by atoms with Crippen LogP contribution < -0.4 is 5.32 Å². The number of halogens is 1. The van der Waals surface area contributed by atoms with Gasteiger partial charge in [0.25, 0.3) is 0 Å². The highest BCUT2D eigenvalue weighted by Crippen LogP contribution is 2.23. The van der Waals surface area contributed by atoms with E-state index in [0.29, 0.717) is 12.0 Å². The Morgan fingerprint density at radius 2 is 2.06 bits per heavy atom. The molecule has 0 saturated carbocycles. The maximum absolute atomic E-state index is 6.26. The van der Waals surface area contributed by atoms with Crippen molar-refractivity contribution in [2.24, 2.45) is 5.92 Å². The summed E-state index contributed by atoms with van der Waals surface area (Å²) in [5, 5.41) is 4.23. The molecule has 2 atom stereocenters. The van der Waals surface area contributed by atoms with Crippen molar-refractivity contribution in [2.75, 3.05) is 7.05 Å². The highest BCUT2D eigenvalue weighted by molar-refractivity contribution is 6.31. The van der Waals surface area contributed by atoms with Gasteiger partial charge in [0.05, 0.1) is 0 Å². The van der Waals surface area contributed by atoms with Gasteiger partial charge in [0.1, 0.15) is 0 Å². The van der Waals surface area contributed by atoms with E-state index < -0.39 is 0 Å². The van der Waals surface area contributed by atoms with Gasteiger partial charge in [-0.2, -0.15) is 0 Å². The third-order valence-corrected chi connectivity index (χ3v) is 3.73. The minimum absolute atomic E-state index is 0.530. The summed E-state index contributed by atoms with van der Waals surface area (Å²) in [5.74, 6) is 0.644. The molecular formula is C14H22ClN. The van der Waals surface area contributed by atoms with Gasteiger partial charge < -0.3 is 5.32 Å². The van der Waals surface area contributed by atoms with Crippen LogP contribution in [0.5, 0.6) is 0 Å². The van der Waals surface area contributed by atoms with E-state index in [-0.39, 0.29) is 0 Å². The lowest BCUT2D eigenvalue weighted by atomic mass is 9.90. The number of hydrogen-bond acceptors (Lipinski definition) is 1. The van der Waals surface area contributed by atoms with E-state index in [0.717, 1.165) is 11.4 Å². The molecule has 0 aromatic heterocycles. The van der Waals surface area contributed by atoms with E-state index in [1.54, 1.807) is 0 Å². The molecule has 0 heterocycles. The van der Waals surface area contributed by atoms with Crippen LogP contribution in [0, 0.1) is 12.8 Å². The minimum Gasteiger partial charge on any atom is -0.317 e. The molecule has 16 heavy (non-hydrogen) atoms. The van der Waals surface area contributed by atoms with E-state index in [9.17, 15) is 0 Å². The second-order valence-electron chi connectivity index (χ2n) is 4.54. The summed E-state index contributed by atoms with van der Waals surface area (Å²) in [6, 6.07) is 6.87. The van der Waals surface area contributed by atoms with Crippen LogP contribution in [0.4, 0.5) is 0 Å². The Kier molecular flexibility index (Phi) is 5.30. The van der Waals surface area contributed by atoms with Gasteiger partial charge in [-0.15, -0.1) is 0 Å². The lowest BCUT2D eigenvalue weighted by Gasteiger charge is -2.22. The largest absolute Gasteiger partial charge is 0.317 e. The van der Waals surface area contributed by atoms with Crippen LogP contribution >= 0.6 is 11.6 Å². The maximum atomic E-state index is 6.26. The van der Waals surface area contributed by atoms with Crippen molar-refractivity contribution in [1.29, 1.82) is 0 Å². The molecule has 0 aliphatic heterocycles. The first kappa shape index (κ1) is 13.5. The Labute approximate surface area is 104 Å². The summed E-state index contributed by atoms with van der Waals surface area (Å²) in [6.07, 6.45) is 2.23. The lowest BCUT2D eigenvalue weighted by molar-refractivity contribution is 0.381. The molecule has 1 aromatic rings. The second kappa shape index (κ2) is 6.27. The standard InChI is InChI=1S/C14H22ClN/c1-5-12(11(3)16-4)9-13-7-6-10(2)8-14(13)15/h6-8,11-12,16H,5,9H2,1-4H3. The third-order valence-electron chi connectivity index (χ3n) is 3.38. The Hall–Kier alpha value is -0.530. The highest BCUT2D eigenvalue weighted by atomic mass is 35.5. The van der Waals surface area contributed by atoms with Crippen LogP contribution in [0.2, 0.25) is 5.02 Å². The molecule has 1 nitrogen and oxygen atoms in total. The highest BCUT2D eigenvalue weighted by Gasteiger charge is 2.15. The van der Waals surface area contributed by atoms with Crippen LogP contribution in [0.25, 0.3) is 0 Å². The molecule has 0 aliphatic rings. The van der Waals surface area contributed by atoms with E-state index in [4.69, 9.17) is 11.6 Å². The zero-order chi connectivity index (χ0) is 12.1. The first-order valence-electron chi connectivity index (χ1n) is 6.00. The normalized spacial score (nSPS) is 14.8. The predicted molar refractivity (Wildman–Crippen MR) is 72.2 cm³/mol. The van der Waals surface area contributed by atoms with E-state index in [1.165, 1.54) is 17.5 Å². The number of benzene rings is 1. The average Bonchev–Trinajstić information content (AvgIpc) is 2.27. The van der Waals surface area contributed by atoms with Crippen molar-refractivity contribution in [3.63, 3.8) is 0 Å². The minimum atomic E-state index is 0.530. The maximum Gasteiger partial charge on any atom is 0.0440 e. The molecule has 0 fully saturated rings. The first-order valence-corrected chi connectivity index (χ1v) is 6.38. The summed E-state index contributed by atoms with van der Waals surface area (Å²) < 4.78 is 0. The molecule has 0 spiro atoms. The molecule has 2 unspecified atom stereocenters. The van der Waals surface area contributed by atoms with Crippen molar-refractivity contribution in [2.45, 2.75) is 39.7 Å². The van der Waals surface area contributed by atoms with Gasteiger partial charge in [-0.1, -0.05) is 37.1 Å². The van der Waals surface area contributed by atoms with Crippen molar-refractivity contribution in [1.82, 2.24) is 5.32 Å². The smallest absolute Gasteiger partial charge is 0.0440 e. The predicted octanol–water partition coefficient (Wildman–Crippen LogP) is 3.83. The summed E-state index contributed by atoms with van der Waals surface area (Å²) >= 11 is 6.26. The van der Waals surface area contributed by atoms with Gasteiger partial charge in [0.2, 0.25) is 0 Å². The van der Waals surface area contributed by atoms with E-state index >= 15 is 0 Å². The summed E-state index contributed by atoms with van der Waals surface area (Å²) in [7, 11) is 2.02. The SMILES string of the molecule is CCC(Cc1ccc(C)cc1Cl)C(C)NC. The van der Waals surface area contributed by atoms with Gasteiger partial charge in [0.15, 0.2) is 0 Å². The fourth-order valence-corrected chi connectivity index (χ4v) is 2.32. The number of hydrogen-bond donors (Lipinski definition) is 1. The van der Waals surface area contributed by atoms with Gasteiger partial charge in [-0.05, 0) is 50.4 Å². The molecule has 0 bridgehead atoms. The fourth-order valence-electron chi connectivity index (χ4n) is 2.01. The monoisotopic (exact) mass is 239 g/mol. The van der Waals surface area contributed by atoms with Gasteiger partial charge in [-0.3, -0.25) is 0 Å². The Morgan fingerprint density at radius 1 is 1.38 bits per heavy atom. The number of rotatable bonds is 5. The molecule has 0 aliphatic carbocycles. The summed E-state index contributed by atoms with van der Waals surface area (Å²) in [5.41, 5.74) is 2.49. The van der Waals surface area contributed by atoms with Crippen LogP contribution in [0.3, 0.4) is 0 Å². The molecule has 1 rings (SSSR count). The molecule has 0 amide bonds. The van der Waals surface area contributed by atoms with Gasteiger partial charge in [-0.25, -0.2) is 0 Å². The number of nitrogens with one attached hydrogen (secondary N) is 1. The first-order chi connectivity index (χ1) is 7.58. The zero-order valence-electron chi connectivity index (χ0n) is 10.7. The van der Waals surface area contributed by atoms with Crippen molar-refractivity contribution >= 4 is 11.6 Å². The fraction of sp³-hybridized carbons (Fsp3) is 0.571. The average molecular weight is 240 g/mol. The second-order valence-corrected chi connectivity index (χ2v) is 4.95. The van der Waals surface area contributed by atoms with Crippen LogP contribution in [-0.2, 0) is 6.42 Å².